The lowest BCUT2D eigenvalue weighted by atomic mass is 9.94. The Labute approximate surface area is 113 Å². The maximum Gasteiger partial charge on any atom is 0.163 e. The minimum atomic E-state index is 0.149. The van der Waals surface area contributed by atoms with Gasteiger partial charge in [0.25, 0.3) is 0 Å². The largest absolute Gasteiger partial charge is 0.294 e. The van der Waals surface area contributed by atoms with Crippen molar-refractivity contribution in [2.45, 2.75) is 33.6 Å². The zero-order valence-corrected chi connectivity index (χ0v) is 11.8. The summed E-state index contributed by atoms with van der Waals surface area (Å²) in [6.45, 7) is 6.13. The van der Waals surface area contributed by atoms with Crippen molar-refractivity contribution in [2.75, 3.05) is 0 Å². The van der Waals surface area contributed by atoms with Gasteiger partial charge in [-0.3, -0.25) is 4.79 Å². The van der Waals surface area contributed by atoms with Gasteiger partial charge in [0.1, 0.15) is 0 Å². The van der Waals surface area contributed by atoms with E-state index in [1.807, 2.05) is 19.1 Å². The summed E-state index contributed by atoms with van der Waals surface area (Å²) in [5.41, 5.74) is 5.67. The summed E-state index contributed by atoms with van der Waals surface area (Å²) >= 11 is 6.00. The molecule has 0 spiro atoms. The molecule has 2 heteroatoms. The Morgan fingerprint density at radius 2 is 2.06 bits per heavy atom. The molecule has 1 aromatic carbocycles. The molecule has 0 aromatic heterocycles. The van der Waals surface area contributed by atoms with E-state index >= 15 is 0 Å². The van der Waals surface area contributed by atoms with Crippen LogP contribution in [0.4, 0.5) is 0 Å². The predicted octanol–water partition coefficient (Wildman–Crippen LogP) is 5.06. The van der Waals surface area contributed by atoms with Gasteiger partial charge in [0.2, 0.25) is 0 Å². The van der Waals surface area contributed by atoms with E-state index in [0.717, 1.165) is 17.5 Å². The maximum atomic E-state index is 12.0. The van der Waals surface area contributed by atoms with Crippen LogP contribution >= 0.6 is 11.6 Å². The molecular formula is C16H17ClO. The number of carbonyl (C=O) groups excluding carboxylic acids is 1. The highest BCUT2D eigenvalue weighted by molar-refractivity contribution is 6.31. The lowest BCUT2D eigenvalue weighted by Gasteiger charge is -2.10. The van der Waals surface area contributed by atoms with E-state index in [2.05, 4.69) is 19.9 Å². The van der Waals surface area contributed by atoms with E-state index in [0.29, 0.717) is 11.4 Å². The van der Waals surface area contributed by atoms with Crippen LogP contribution in [-0.4, -0.2) is 5.78 Å². The van der Waals surface area contributed by atoms with E-state index in [-0.39, 0.29) is 5.78 Å². The molecular weight excluding hydrogens is 244 g/mol. The molecule has 0 amide bonds. The monoisotopic (exact) mass is 260 g/mol. The molecule has 0 saturated heterocycles. The number of hydrogen-bond acceptors (Lipinski definition) is 1. The number of Topliss-reactive ketones (excluding diaryl/α,β-unsaturated/α-hetero) is 1. The molecule has 1 aliphatic rings. The smallest absolute Gasteiger partial charge is 0.163 e. The lowest BCUT2D eigenvalue weighted by molar-refractivity contribution is 0.0988. The topological polar surface area (TPSA) is 17.1 Å². The van der Waals surface area contributed by atoms with Gasteiger partial charge in [-0.15, -0.1) is 0 Å². The number of benzene rings is 1. The third kappa shape index (κ3) is 2.41. The van der Waals surface area contributed by atoms with Crippen molar-refractivity contribution < 1.29 is 4.79 Å². The summed E-state index contributed by atoms with van der Waals surface area (Å²) in [5, 5.41) is 0.621. The highest BCUT2D eigenvalue weighted by Gasteiger charge is 2.17. The third-order valence-electron chi connectivity index (χ3n) is 3.47. The summed E-state index contributed by atoms with van der Waals surface area (Å²) in [6.07, 6.45) is 3.61. The fraction of sp³-hybridized carbons (Fsp3) is 0.312. The average molecular weight is 261 g/mol. The van der Waals surface area contributed by atoms with E-state index < -0.39 is 0 Å². The molecule has 18 heavy (non-hydrogen) atoms. The number of ketones is 1. The zero-order chi connectivity index (χ0) is 13.3. The van der Waals surface area contributed by atoms with Crippen LogP contribution in [-0.2, 0) is 0 Å². The molecule has 1 nitrogen and oxygen atoms in total. The van der Waals surface area contributed by atoms with Crippen LogP contribution in [0.1, 0.15) is 49.5 Å². The third-order valence-corrected chi connectivity index (χ3v) is 3.70. The number of rotatable bonds is 3. The minimum Gasteiger partial charge on any atom is -0.294 e. The van der Waals surface area contributed by atoms with Crippen molar-refractivity contribution in [3.05, 3.63) is 51.6 Å². The first kappa shape index (κ1) is 13.1. The molecule has 0 saturated carbocycles. The number of halogens is 1. The van der Waals surface area contributed by atoms with Crippen molar-refractivity contribution in [2.24, 2.45) is 0 Å². The van der Waals surface area contributed by atoms with Gasteiger partial charge in [-0.05, 0) is 43.5 Å². The van der Waals surface area contributed by atoms with Gasteiger partial charge in [-0.25, -0.2) is 0 Å². The minimum absolute atomic E-state index is 0.149. The summed E-state index contributed by atoms with van der Waals surface area (Å²) < 4.78 is 0. The van der Waals surface area contributed by atoms with Gasteiger partial charge in [-0.2, -0.15) is 0 Å². The quantitative estimate of drug-likeness (QED) is 0.695. The van der Waals surface area contributed by atoms with Crippen LogP contribution in [0, 0.1) is 0 Å². The Balaban J connectivity index is 2.47. The molecule has 0 heterocycles. The van der Waals surface area contributed by atoms with Crippen LogP contribution in [0.25, 0.3) is 5.57 Å². The van der Waals surface area contributed by atoms with Crippen molar-refractivity contribution in [3.63, 3.8) is 0 Å². The summed E-state index contributed by atoms with van der Waals surface area (Å²) in [7, 11) is 0. The Kier molecular flexibility index (Phi) is 3.72. The van der Waals surface area contributed by atoms with E-state index in [9.17, 15) is 4.79 Å². The van der Waals surface area contributed by atoms with E-state index in [1.165, 1.54) is 16.7 Å². The number of carbonyl (C=O) groups is 1. The number of hydrogen-bond donors (Lipinski definition) is 0. The van der Waals surface area contributed by atoms with Gasteiger partial charge in [0, 0.05) is 17.0 Å². The molecule has 0 radical (unpaired) electrons. The predicted molar refractivity (Wildman–Crippen MR) is 77.0 cm³/mol. The van der Waals surface area contributed by atoms with Gasteiger partial charge >= 0.3 is 0 Å². The highest BCUT2D eigenvalue weighted by atomic mass is 35.5. The van der Waals surface area contributed by atoms with Crippen LogP contribution in [0.5, 0.6) is 0 Å². The first-order chi connectivity index (χ1) is 8.52. The highest BCUT2D eigenvalue weighted by Crippen LogP contribution is 2.34. The molecule has 2 rings (SSSR count). The molecule has 0 unspecified atom stereocenters. The zero-order valence-electron chi connectivity index (χ0n) is 11.0. The molecule has 1 aliphatic carbocycles. The van der Waals surface area contributed by atoms with Gasteiger partial charge in [0.15, 0.2) is 5.78 Å². The van der Waals surface area contributed by atoms with Crippen molar-refractivity contribution in [1.29, 1.82) is 0 Å². The Morgan fingerprint density at radius 3 is 2.61 bits per heavy atom. The second-order valence-electron chi connectivity index (χ2n) is 4.78. The Hall–Kier alpha value is -1.34. The van der Waals surface area contributed by atoms with Gasteiger partial charge in [0.05, 0.1) is 0 Å². The molecule has 0 N–H and O–H groups in total. The average Bonchev–Trinajstić information content (AvgIpc) is 2.68. The second-order valence-corrected chi connectivity index (χ2v) is 5.21. The summed E-state index contributed by atoms with van der Waals surface area (Å²) in [6, 6.07) is 5.60. The van der Waals surface area contributed by atoms with Crippen LogP contribution in [0.3, 0.4) is 0 Å². The fourth-order valence-corrected chi connectivity index (χ4v) is 2.42. The van der Waals surface area contributed by atoms with E-state index in [1.54, 1.807) is 6.07 Å². The molecule has 0 fully saturated rings. The summed E-state index contributed by atoms with van der Waals surface area (Å²) in [4.78, 5) is 12.0. The molecule has 0 atom stereocenters. The first-order valence-corrected chi connectivity index (χ1v) is 6.60. The standard InChI is InChI=1S/C16H17ClO/c1-4-16(18)15-9-13(17)5-6-14(15)12-7-10(2)11(3)8-12/h5-7,9H,4,8H2,1-3H3. The molecule has 1 aromatic rings. The number of allylic oxidation sites excluding steroid dienone is 4. The van der Waals surface area contributed by atoms with Crippen LogP contribution in [0.15, 0.2) is 35.4 Å². The normalized spacial score (nSPS) is 15.0. The van der Waals surface area contributed by atoms with Crippen LogP contribution in [0.2, 0.25) is 5.02 Å². The Morgan fingerprint density at radius 1 is 1.33 bits per heavy atom. The molecule has 94 valence electrons. The van der Waals surface area contributed by atoms with Crippen molar-refractivity contribution in [1.82, 2.24) is 0 Å². The second kappa shape index (κ2) is 5.11. The lowest BCUT2D eigenvalue weighted by Crippen LogP contribution is -2.01. The van der Waals surface area contributed by atoms with Crippen molar-refractivity contribution >= 4 is 23.0 Å². The van der Waals surface area contributed by atoms with Crippen molar-refractivity contribution in [3.8, 4) is 0 Å². The molecule has 0 aliphatic heterocycles. The first-order valence-electron chi connectivity index (χ1n) is 6.23. The molecule has 0 bridgehead atoms. The SMILES string of the molecule is CCC(=O)c1cc(Cl)ccc1C1=CC(C)=C(C)C1. The summed E-state index contributed by atoms with van der Waals surface area (Å²) in [5.74, 6) is 0.149. The van der Waals surface area contributed by atoms with Gasteiger partial charge < -0.3 is 0 Å². The van der Waals surface area contributed by atoms with Crippen LogP contribution < -0.4 is 0 Å². The Bertz CT molecular complexity index is 564. The maximum absolute atomic E-state index is 12.0. The van der Waals surface area contributed by atoms with Gasteiger partial charge in [-0.1, -0.05) is 41.8 Å². The fourth-order valence-electron chi connectivity index (χ4n) is 2.25. The van der Waals surface area contributed by atoms with E-state index in [4.69, 9.17) is 11.6 Å².